The molecule has 2 atom stereocenters. The van der Waals surface area contributed by atoms with E-state index < -0.39 is 11.8 Å². The van der Waals surface area contributed by atoms with Crippen LogP contribution in [0.15, 0.2) is 49.1 Å². The van der Waals surface area contributed by atoms with Gasteiger partial charge in [0, 0.05) is 24.8 Å². The van der Waals surface area contributed by atoms with E-state index in [0.29, 0.717) is 12.8 Å². The van der Waals surface area contributed by atoms with Gasteiger partial charge in [-0.1, -0.05) is 13.8 Å². The lowest BCUT2D eigenvalue weighted by Gasteiger charge is -2.17. The van der Waals surface area contributed by atoms with E-state index in [2.05, 4.69) is 41.0 Å². The summed E-state index contributed by atoms with van der Waals surface area (Å²) in [7, 11) is 0. The highest BCUT2D eigenvalue weighted by Crippen LogP contribution is 2.16. The maximum atomic E-state index is 12.4. The maximum absolute atomic E-state index is 12.4. The number of carbonyl (C=O) groups excluding carboxylic acids is 2. The Hall–Kier alpha value is -3.82. The van der Waals surface area contributed by atoms with Gasteiger partial charge < -0.3 is 10.6 Å². The van der Waals surface area contributed by atoms with Crippen molar-refractivity contribution in [3.05, 3.63) is 71.8 Å². The fourth-order valence-electron chi connectivity index (χ4n) is 2.89. The standard InChI is InChI=1S/C20H22N8O2/c1-3-15(13-5-9-21-10-6-13)23-19(29)17-25-27-18(28-26-17)20(30)24-16(4-2)14-7-11-22-12-8-14/h5-12,15-16H,3-4H2,1-2H3,(H,23,29)(H,24,30). The lowest BCUT2D eigenvalue weighted by atomic mass is 10.1. The van der Waals surface area contributed by atoms with Gasteiger partial charge in [0.2, 0.25) is 0 Å². The highest BCUT2D eigenvalue weighted by Gasteiger charge is 2.20. The van der Waals surface area contributed by atoms with Crippen LogP contribution in [0, 0.1) is 0 Å². The van der Waals surface area contributed by atoms with Gasteiger partial charge in [0.25, 0.3) is 23.5 Å². The van der Waals surface area contributed by atoms with Crippen molar-refractivity contribution in [1.29, 1.82) is 0 Å². The Bertz CT molecular complexity index is 887. The zero-order valence-electron chi connectivity index (χ0n) is 16.7. The summed E-state index contributed by atoms with van der Waals surface area (Å²) in [6.07, 6.45) is 7.98. The molecule has 30 heavy (non-hydrogen) atoms. The minimum atomic E-state index is -0.520. The summed E-state index contributed by atoms with van der Waals surface area (Å²) < 4.78 is 0. The largest absolute Gasteiger partial charge is 0.342 e. The molecule has 0 spiro atoms. The fraction of sp³-hybridized carbons (Fsp3) is 0.300. The molecule has 0 aromatic carbocycles. The van der Waals surface area contributed by atoms with Gasteiger partial charge in [0.05, 0.1) is 12.1 Å². The predicted octanol–water partition coefficient (Wildman–Crippen LogP) is 1.82. The van der Waals surface area contributed by atoms with Gasteiger partial charge in [0.15, 0.2) is 0 Å². The van der Waals surface area contributed by atoms with E-state index in [-0.39, 0.29) is 23.7 Å². The summed E-state index contributed by atoms with van der Waals surface area (Å²) in [5.74, 6) is -1.46. The Morgan fingerprint density at radius 1 is 0.700 bits per heavy atom. The van der Waals surface area contributed by atoms with E-state index in [9.17, 15) is 9.59 Å². The van der Waals surface area contributed by atoms with Gasteiger partial charge in [-0.3, -0.25) is 19.6 Å². The average Bonchev–Trinajstić information content (AvgIpc) is 2.81. The lowest BCUT2D eigenvalue weighted by Crippen LogP contribution is -2.33. The Morgan fingerprint density at radius 3 is 1.33 bits per heavy atom. The first-order chi connectivity index (χ1) is 14.6. The molecule has 0 saturated heterocycles. The molecule has 10 heteroatoms. The van der Waals surface area contributed by atoms with Crippen molar-refractivity contribution >= 4 is 11.8 Å². The normalized spacial score (nSPS) is 12.6. The Labute approximate surface area is 173 Å². The van der Waals surface area contributed by atoms with Gasteiger partial charge in [-0.15, -0.1) is 20.4 Å². The van der Waals surface area contributed by atoms with Crippen LogP contribution in [-0.2, 0) is 0 Å². The van der Waals surface area contributed by atoms with Crippen LogP contribution in [0.1, 0.15) is 71.1 Å². The number of hydrogen-bond acceptors (Lipinski definition) is 8. The third-order valence-electron chi connectivity index (χ3n) is 4.53. The number of nitrogens with zero attached hydrogens (tertiary/aromatic N) is 6. The van der Waals surface area contributed by atoms with Crippen molar-refractivity contribution in [1.82, 2.24) is 41.0 Å². The van der Waals surface area contributed by atoms with E-state index in [1.54, 1.807) is 24.8 Å². The first-order valence-corrected chi connectivity index (χ1v) is 9.61. The van der Waals surface area contributed by atoms with E-state index in [1.807, 2.05) is 38.1 Å². The molecule has 0 aliphatic carbocycles. The summed E-state index contributed by atoms with van der Waals surface area (Å²) in [6.45, 7) is 3.90. The highest BCUT2D eigenvalue weighted by atomic mass is 16.2. The number of pyridine rings is 2. The molecule has 2 amide bonds. The molecule has 0 radical (unpaired) electrons. The molecular formula is C20H22N8O2. The Morgan fingerprint density at radius 2 is 1.03 bits per heavy atom. The van der Waals surface area contributed by atoms with E-state index in [4.69, 9.17) is 0 Å². The molecule has 0 bridgehead atoms. The van der Waals surface area contributed by atoms with E-state index in [1.165, 1.54) is 0 Å². The second-order valence-corrected chi connectivity index (χ2v) is 6.48. The molecule has 0 aliphatic rings. The SMILES string of the molecule is CCC(NC(=O)c1nnc(C(=O)NC(CC)c2ccncc2)nn1)c1ccncc1. The summed E-state index contributed by atoms with van der Waals surface area (Å²) >= 11 is 0. The highest BCUT2D eigenvalue weighted by molar-refractivity contribution is 5.92. The molecule has 2 N–H and O–H groups in total. The molecule has 3 aromatic heterocycles. The van der Waals surface area contributed by atoms with E-state index in [0.717, 1.165) is 11.1 Å². The molecule has 2 unspecified atom stereocenters. The van der Waals surface area contributed by atoms with Gasteiger partial charge in [-0.05, 0) is 48.2 Å². The molecule has 0 aliphatic heterocycles. The Balaban J connectivity index is 1.65. The van der Waals surface area contributed by atoms with Crippen molar-refractivity contribution in [3.63, 3.8) is 0 Å². The summed E-state index contributed by atoms with van der Waals surface area (Å²) in [6, 6.07) is 6.85. The minimum absolute atomic E-state index is 0.208. The quantitative estimate of drug-likeness (QED) is 0.578. The van der Waals surface area contributed by atoms with Crippen LogP contribution >= 0.6 is 0 Å². The Kier molecular flexibility index (Phi) is 7.04. The number of rotatable bonds is 8. The van der Waals surface area contributed by atoms with E-state index >= 15 is 0 Å². The number of aromatic nitrogens is 6. The van der Waals surface area contributed by atoms with Crippen LogP contribution in [0.4, 0.5) is 0 Å². The first-order valence-electron chi connectivity index (χ1n) is 9.61. The minimum Gasteiger partial charge on any atom is -0.342 e. The zero-order valence-corrected chi connectivity index (χ0v) is 16.7. The second kappa shape index (κ2) is 10.1. The molecule has 3 rings (SSSR count). The molecule has 3 heterocycles. The van der Waals surface area contributed by atoms with Gasteiger partial charge in [0.1, 0.15) is 0 Å². The lowest BCUT2D eigenvalue weighted by molar-refractivity contribution is 0.0901. The molecular weight excluding hydrogens is 384 g/mol. The van der Waals surface area contributed by atoms with Crippen molar-refractivity contribution in [2.45, 2.75) is 38.8 Å². The van der Waals surface area contributed by atoms with Crippen LogP contribution in [0.5, 0.6) is 0 Å². The topological polar surface area (TPSA) is 136 Å². The molecule has 10 nitrogen and oxygen atoms in total. The summed E-state index contributed by atoms with van der Waals surface area (Å²) in [5.41, 5.74) is 1.83. The molecule has 154 valence electrons. The number of carbonyl (C=O) groups is 2. The van der Waals surface area contributed by atoms with Crippen LogP contribution < -0.4 is 10.6 Å². The number of hydrogen-bond donors (Lipinski definition) is 2. The van der Waals surface area contributed by atoms with Crippen LogP contribution in [0.2, 0.25) is 0 Å². The monoisotopic (exact) mass is 406 g/mol. The molecule has 3 aromatic rings. The summed E-state index contributed by atoms with van der Waals surface area (Å²) in [4.78, 5) is 32.8. The van der Waals surface area contributed by atoms with Crippen LogP contribution in [0.25, 0.3) is 0 Å². The number of nitrogens with one attached hydrogen (secondary N) is 2. The smallest absolute Gasteiger partial charge is 0.293 e. The molecule has 0 saturated carbocycles. The summed E-state index contributed by atoms with van der Waals surface area (Å²) in [5, 5.41) is 20.7. The van der Waals surface area contributed by atoms with Crippen molar-refractivity contribution in [2.24, 2.45) is 0 Å². The van der Waals surface area contributed by atoms with Crippen LogP contribution in [0.3, 0.4) is 0 Å². The second-order valence-electron chi connectivity index (χ2n) is 6.48. The zero-order chi connectivity index (χ0) is 21.3. The van der Waals surface area contributed by atoms with Crippen molar-refractivity contribution in [3.8, 4) is 0 Å². The van der Waals surface area contributed by atoms with Crippen molar-refractivity contribution in [2.75, 3.05) is 0 Å². The van der Waals surface area contributed by atoms with Crippen molar-refractivity contribution < 1.29 is 9.59 Å². The van der Waals surface area contributed by atoms with Crippen LogP contribution in [-0.4, -0.2) is 42.2 Å². The number of amides is 2. The maximum Gasteiger partial charge on any atom is 0.293 e. The average molecular weight is 406 g/mol. The predicted molar refractivity (Wildman–Crippen MR) is 107 cm³/mol. The first kappa shape index (κ1) is 20.9. The third-order valence-corrected chi connectivity index (χ3v) is 4.53. The van der Waals surface area contributed by atoms with Gasteiger partial charge in [-0.2, -0.15) is 0 Å². The fourth-order valence-corrected chi connectivity index (χ4v) is 2.89. The molecule has 0 fully saturated rings. The van der Waals surface area contributed by atoms with Gasteiger partial charge in [-0.25, -0.2) is 0 Å². The third kappa shape index (κ3) is 5.16. The van der Waals surface area contributed by atoms with Gasteiger partial charge >= 0.3 is 0 Å².